The number of nitrogens with zero attached hydrogens (tertiary/aromatic N) is 3. The number of aromatic nitrogens is 2. The normalized spacial score (nSPS) is 17.5. The predicted molar refractivity (Wildman–Crippen MR) is 84.9 cm³/mol. The molecular formula is C17H21N3O3. The van der Waals surface area contributed by atoms with E-state index in [-0.39, 0.29) is 25.2 Å². The van der Waals surface area contributed by atoms with Crippen molar-refractivity contribution in [1.82, 2.24) is 14.7 Å². The molecule has 0 aliphatic carbocycles. The Balaban J connectivity index is 1.70. The summed E-state index contributed by atoms with van der Waals surface area (Å²) in [5, 5.41) is 13.9. The van der Waals surface area contributed by atoms with Gasteiger partial charge in [0.2, 0.25) is 0 Å². The monoisotopic (exact) mass is 315 g/mol. The average Bonchev–Trinajstić information content (AvgIpc) is 2.93. The van der Waals surface area contributed by atoms with E-state index in [0.29, 0.717) is 25.3 Å². The first-order valence-electron chi connectivity index (χ1n) is 7.78. The fraction of sp³-hybridized carbons (Fsp3) is 0.412. The lowest BCUT2D eigenvalue weighted by molar-refractivity contribution is -0.137. The summed E-state index contributed by atoms with van der Waals surface area (Å²) >= 11 is 0. The number of amides is 1. The highest BCUT2D eigenvalue weighted by molar-refractivity contribution is 5.78. The zero-order valence-electron chi connectivity index (χ0n) is 13.2. The first-order valence-corrected chi connectivity index (χ1v) is 7.78. The number of benzene rings is 1. The Morgan fingerprint density at radius 2 is 2.22 bits per heavy atom. The van der Waals surface area contributed by atoms with E-state index in [9.17, 15) is 9.90 Å². The second-order valence-electron chi connectivity index (χ2n) is 5.75. The molecule has 0 bridgehead atoms. The van der Waals surface area contributed by atoms with Gasteiger partial charge in [0, 0.05) is 12.7 Å². The molecular weight excluding hydrogens is 294 g/mol. The number of para-hydroxylation sites is 1. The highest BCUT2D eigenvalue weighted by Crippen LogP contribution is 2.19. The molecule has 1 atom stereocenters. The molecule has 0 radical (unpaired) electrons. The van der Waals surface area contributed by atoms with Crippen molar-refractivity contribution in [1.29, 1.82) is 0 Å². The number of carbonyl (C=O) groups is 1. The van der Waals surface area contributed by atoms with Gasteiger partial charge in [-0.15, -0.1) is 0 Å². The zero-order chi connectivity index (χ0) is 16.2. The summed E-state index contributed by atoms with van der Waals surface area (Å²) in [6.45, 7) is 3.01. The van der Waals surface area contributed by atoms with Crippen LogP contribution in [0.1, 0.15) is 17.7 Å². The first kappa shape index (κ1) is 15.6. The zero-order valence-corrected chi connectivity index (χ0v) is 13.2. The number of hydrogen-bond donors (Lipinski definition) is 1. The summed E-state index contributed by atoms with van der Waals surface area (Å²) in [7, 11) is 0. The summed E-state index contributed by atoms with van der Waals surface area (Å²) in [4.78, 5) is 14.3. The van der Waals surface area contributed by atoms with Crippen LogP contribution in [-0.2, 0) is 17.9 Å². The summed E-state index contributed by atoms with van der Waals surface area (Å²) in [6.07, 6.45) is 2.42. The smallest absolute Gasteiger partial charge is 0.261 e. The van der Waals surface area contributed by atoms with Crippen molar-refractivity contribution >= 4 is 5.91 Å². The maximum absolute atomic E-state index is 12.6. The maximum atomic E-state index is 12.6. The second-order valence-corrected chi connectivity index (χ2v) is 5.75. The molecule has 1 amide bonds. The standard InChI is InChI=1S/C17H21N3O3/c1-13-4-2-3-5-16(13)23-12-17(22)19-10-14-6-8-18-20(14)9-7-15(19)11-21/h2-6,8,15,21H,7,9-12H2,1H3/t15-/m0/s1. The topological polar surface area (TPSA) is 67.6 Å². The van der Waals surface area contributed by atoms with Gasteiger partial charge in [-0.1, -0.05) is 18.2 Å². The number of hydrogen-bond acceptors (Lipinski definition) is 4. The van der Waals surface area contributed by atoms with Crippen LogP contribution in [-0.4, -0.2) is 44.9 Å². The largest absolute Gasteiger partial charge is 0.484 e. The second kappa shape index (κ2) is 6.83. The molecule has 6 heteroatoms. The van der Waals surface area contributed by atoms with Gasteiger partial charge in [-0.25, -0.2) is 0 Å². The molecule has 23 heavy (non-hydrogen) atoms. The minimum atomic E-state index is -0.204. The van der Waals surface area contributed by atoms with E-state index in [1.165, 1.54) is 0 Å². The van der Waals surface area contributed by atoms with E-state index in [1.807, 2.05) is 41.9 Å². The van der Waals surface area contributed by atoms with Gasteiger partial charge in [-0.05, 0) is 31.0 Å². The summed E-state index contributed by atoms with van der Waals surface area (Å²) in [5.41, 5.74) is 1.97. The van der Waals surface area contributed by atoms with Crippen molar-refractivity contribution in [2.75, 3.05) is 13.2 Å². The van der Waals surface area contributed by atoms with Crippen LogP contribution in [0.3, 0.4) is 0 Å². The third kappa shape index (κ3) is 3.37. The molecule has 0 fully saturated rings. The lowest BCUT2D eigenvalue weighted by atomic mass is 10.2. The van der Waals surface area contributed by atoms with Crippen molar-refractivity contribution in [2.24, 2.45) is 0 Å². The predicted octanol–water partition coefficient (Wildman–Crippen LogP) is 1.36. The van der Waals surface area contributed by atoms with E-state index in [0.717, 1.165) is 11.3 Å². The molecule has 2 heterocycles. The van der Waals surface area contributed by atoms with Crippen molar-refractivity contribution in [2.45, 2.75) is 32.5 Å². The highest BCUT2D eigenvalue weighted by Gasteiger charge is 2.27. The summed E-state index contributed by atoms with van der Waals surface area (Å²) in [5.74, 6) is 0.586. The minimum absolute atomic E-state index is 0.0323. The molecule has 6 nitrogen and oxygen atoms in total. The molecule has 1 aliphatic heterocycles. The molecule has 1 aliphatic rings. The number of rotatable bonds is 4. The Morgan fingerprint density at radius 3 is 3.00 bits per heavy atom. The van der Waals surface area contributed by atoms with Gasteiger partial charge in [0.15, 0.2) is 6.61 Å². The van der Waals surface area contributed by atoms with Crippen LogP contribution in [0.4, 0.5) is 0 Å². The van der Waals surface area contributed by atoms with Crippen LogP contribution in [0.25, 0.3) is 0 Å². The van der Waals surface area contributed by atoms with Gasteiger partial charge in [-0.2, -0.15) is 5.10 Å². The number of aliphatic hydroxyl groups excluding tert-OH is 1. The van der Waals surface area contributed by atoms with Crippen LogP contribution >= 0.6 is 0 Å². The van der Waals surface area contributed by atoms with Crippen LogP contribution in [0.15, 0.2) is 36.5 Å². The quantitative estimate of drug-likeness (QED) is 0.925. The van der Waals surface area contributed by atoms with Gasteiger partial charge in [0.25, 0.3) is 5.91 Å². The Bertz CT molecular complexity index is 683. The number of fused-ring (bicyclic) bond motifs is 1. The van der Waals surface area contributed by atoms with Crippen LogP contribution < -0.4 is 4.74 Å². The Labute approximate surface area is 135 Å². The van der Waals surface area contributed by atoms with Crippen molar-refractivity contribution in [3.63, 3.8) is 0 Å². The molecule has 0 spiro atoms. The lowest BCUT2D eigenvalue weighted by Crippen LogP contribution is -2.43. The van der Waals surface area contributed by atoms with Gasteiger partial charge in [0.05, 0.1) is 24.9 Å². The van der Waals surface area contributed by atoms with Crippen LogP contribution in [0.2, 0.25) is 0 Å². The van der Waals surface area contributed by atoms with Gasteiger partial charge >= 0.3 is 0 Å². The molecule has 1 N–H and O–H groups in total. The maximum Gasteiger partial charge on any atom is 0.261 e. The van der Waals surface area contributed by atoms with Crippen molar-refractivity contribution in [3.05, 3.63) is 47.8 Å². The van der Waals surface area contributed by atoms with Gasteiger partial charge in [0.1, 0.15) is 5.75 Å². The first-order chi connectivity index (χ1) is 11.2. The fourth-order valence-electron chi connectivity index (χ4n) is 2.85. The van der Waals surface area contributed by atoms with E-state index < -0.39 is 0 Å². The molecule has 3 rings (SSSR count). The van der Waals surface area contributed by atoms with Gasteiger partial charge < -0.3 is 14.7 Å². The highest BCUT2D eigenvalue weighted by atomic mass is 16.5. The van der Waals surface area contributed by atoms with E-state index in [4.69, 9.17) is 4.74 Å². The molecule has 0 saturated carbocycles. The van der Waals surface area contributed by atoms with E-state index in [1.54, 1.807) is 11.1 Å². The molecule has 0 unspecified atom stereocenters. The van der Waals surface area contributed by atoms with Gasteiger partial charge in [-0.3, -0.25) is 9.48 Å². The Morgan fingerprint density at radius 1 is 1.39 bits per heavy atom. The Hall–Kier alpha value is -2.34. The number of aryl methyl sites for hydroxylation is 2. The molecule has 1 aromatic carbocycles. The molecule has 0 saturated heterocycles. The van der Waals surface area contributed by atoms with Crippen LogP contribution in [0, 0.1) is 6.92 Å². The molecule has 2 aromatic rings. The fourth-order valence-corrected chi connectivity index (χ4v) is 2.85. The molecule has 1 aromatic heterocycles. The van der Waals surface area contributed by atoms with Crippen LogP contribution in [0.5, 0.6) is 5.75 Å². The van der Waals surface area contributed by atoms with E-state index in [2.05, 4.69) is 5.10 Å². The summed E-state index contributed by atoms with van der Waals surface area (Å²) < 4.78 is 7.55. The number of aliphatic hydroxyl groups is 1. The summed E-state index contributed by atoms with van der Waals surface area (Å²) in [6, 6.07) is 9.31. The van der Waals surface area contributed by atoms with Crippen molar-refractivity contribution in [3.8, 4) is 5.75 Å². The van der Waals surface area contributed by atoms with Crippen molar-refractivity contribution < 1.29 is 14.6 Å². The SMILES string of the molecule is Cc1ccccc1OCC(=O)N1Cc2ccnn2CC[C@H]1CO. The number of ether oxygens (including phenoxy) is 1. The minimum Gasteiger partial charge on any atom is -0.484 e. The lowest BCUT2D eigenvalue weighted by Gasteiger charge is -2.28. The van der Waals surface area contributed by atoms with E-state index >= 15 is 0 Å². The average molecular weight is 315 g/mol. The molecule has 122 valence electrons. The Kier molecular flexibility index (Phi) is 4.62. The number of carbonyl (C=O) groups excluding carboxylic acids is 1. The third-order valence-electron chi connectivity index (χ3n) is 4.23. The third-order valence-corrected chi connectivity index (χ3v) is 4.23.